The number of nitrogens with one attached hydrogen (secondary N) is 2. The third-order valence-electron chi connectivity index (χ3n) is 11.2. The first kappa shape index (κ1) is 32.3. The molecule has 8 rings (SSSR count). The summed E-state index contributed by atoms with van der Waals surface area (Å²) in [6.07, 6.45) is 6.27. The van der Waals surface area contributed by atoms with Crippen LogP contribution in [-0.2, 0) is 16.1 Å². The molecule has 47 heavy (non-hydrogen) atoms. The van der Waals surface area contributed by atoms with E-state index in [1.807, 2.05) is 92.8 Å². The van der Waals surface area contributed by atoms with Crippen LogP contribution in [0.2, 0.25) is 0 Å². The second-order valence-corrected chi connectivity index (χ2v) is 14.8. The molecular formula is C39H49N3O5. The molecule has 0 radical (unpaired) electrons. The summed E-state index contributed by atoms with van der Waals surface area (Å²) in [5, 5.41) is 27.2. The summed E-state index contributed by atoms with van der Waals surface area (Å²) in [6.45, 7) is 2.62. The maximum atomic E-state index is 13.3. The van der Waals surface area contributed by atoms with Crippen LogP contribution in [0.25, 0.3) is 0 Å². The van der Waals surface area contributed by atoms with E-state index in [1.165, 1.54) is 19.3 Å². The highest BCUT2D eigenvalue weighted by Gasteiger charge is 2.51. The van der Waals surface area contributed by atoms with Gasteiger partial charge in [0.15, 0.2) is 6.29 Å². The van der Waals surface area contributed by atoms with Gasteiger partial charge in [0.1, 0.15) is 0 Å². The van der Waals surface area contributed by atoms with Crippen LogP contribution in [0.15, 0.2) is 78.9 Å². The van der Waals surface area contributed by atoms with E-state index < -0.39 is 12.4 Å². The largest absolute Gasteiger partial charge is 0.392 e. The van der Waals surface area contributed by atoms with Crippen molar-refractivity contribution in [3.63, 3.8) is 0 Å². The van der Waals surface area contributed by atoms with Crippen LogP contribution in [0.4, 0.5) is 10.5 Å². The number of ether oxygens (including phenoxy) is 2. The van der Waals surface area contributed by atoms with Crippen LogP contribution in [0, 0.1) is 17.8 Å². The monoisotopic (exact) mass is 639 g/mol. The van der Waals surface area contributed by atoms with Gasteiger partial charge in [-0.1, -0.05) is 66.7 Å². The SMILES string of the molecule is C[C@H]([C@@H](O)c1ccccc1)N(C)C[C@@H]1C[C@H](c2ccc(CO)cc2)O[C@H](c2cccc(NC(=O)NC34CC5CC(CC(C5)C3)C4)c2)O1. The number of aliphatic hydroxyl groups is 2. The van der Waals surface area contributed by atoms with E-state index in [9.17, 15) is 15.0 Å². The molecule has 0 unspecified atom stereocenters. The summed E-state index contributed by atoms with van der Waals surface area (Å²) < 4.78 is 13.2. The Bertz CT molecular complexity index is 1480. The van der Waals surface area contributed by atoms with Crippen LogP contribution in [-0.4, -0.2) is 52.4 Å². The minimum absolute atomic E-state index is 0.0111. The number of rotatable bonds is 10. The molecular weight excluding hydrogens is 590 g/mol. The average Bonchev–Trinajstić information content (AvgIpc) is 3.07. The summed E-state index contributed by atoms with van der Waals surface area (Å²) in [5.41, 5.74) is 4.23. The van der Waals surface area contributed by atoms with Gasteiger partial charge in [-0.3, -0.25) is 4.90 Å². The van der Waals surface area contributed by atoms with E-state index in [4.69, 9.17) is 9.47 Å². The quantitative estimate of drug-likeness (QED) is 0.193. The zero-order chi connectivity index (χ0) is 32.5. The molecule has 1 heterocycles. The Morgan fingerprint density at radius 3 is 2.23 bits per heavy atom. The second kappa shape index (κ2) is 13.7. The van der Waals surface area contributed by atoms with Gasteiger partial charge in [-0.25, -0.2) is 4.79 Å². The summed E-state index contributed by atoms with van der Waals surface area (Å²) in [7, 11) is 2.02. The van der Waals surface area contributed by atoms with Crippen molar-refractivity contribution in [3.8, 4) is 0 Å². The number of hydrogen-bond acceptors (Lipinski definition) is 6. The van der Waals surface area contributed by atoms with Gasteiger partial charge in [0.2, 0.25) is 0 Å². The number of carbonyl (C=O) groups is 1. The van der Waals surface area contributed by atoms with Gasteiger partial charge in [-0.05, 0) is 99.1 Å². The van der Waals surface area contributed by atoms with Crippen molar-refractivity contribution >= 4 is 11.7 Å². The zero-order valence-corrected chi connectivity index (χ0v) is 27.6. The van der Waals surface area contributed by atoms with Gasteiger partial charge in [-0.2, -0.15) is 0 Å². The molecule has 8 heteroatoms. The molecule has 250 valence electrons. The number of carbonyl (C=O) groups excluding carboxylic acids is 1. The predicted molar refractivity (Wildman–Crippen MR) is 181 cm³/mol. The molecule has 3 aromatic carbocycles. The van der Waals surface area contributed by atoms with Crippen molar-refractivity contribution < 1.29 is 24.5 Å². The van der Waals surface area contributed by atoms with Crippen molar-refractivity contribution in [2.24, 2.45) is 17.8 Å². The van der Waals surface area contributed by atoms with Gasteiger partial charge >= 0.3 is 6.03 Å². The molecule has 2 amide bonds. The van der Waals surface area contributed by atoms with Crippen molar-refractivity contribution in [3.05, 3.63) is 101 Å². The maximum Gasteiger partial charge on any atom is 0.319 e. The van der Waals surface area contributed by atoms with E-state index >= 15 is 0 Å². The van der Waals surface area contributed by atoms with Gasteiger partial charge in [0, 0.05) is 35.8 Å². The normalized spacial score (nSPS) is 31.0. The first-order valence-corrected chi connectivity index (χ1v) is 17.4. The van der Waals surface area contributed by atoms with Crippen LogP contribution >= 0.6 is 0 Å². The number of hydrogen-bond donors (Lipinski definition) is 4. The molecule has 4 bridgehead atoms. The first-order chi connectivity index (χ1) is 22.8. The number of aliphatic hydroxyl groups excluding tert-OH is 2. The minimum atomic E-state index is -0.646. The van der Waals surface area contributed by atoms with Gasteiger partial charge in [-0.15, -0.1) is 0 Å². The van der Waals surface area contributed by atoms with Gasteiger partial charge < -0.3 is 30.3 Å². The highest BCUT2D eigenvalue weighted by atomic mass is 16.7. The highest BCUT2D eigenvalue weighted by molar-refractivity contribution is 5.90. The lowest BCUT2D eigenvalue weighted by Gasteiger charge is -2.56. The molecule has 8 nitrogen and oxygen atoms in total. The molecule has 1 aliphatic heterocycles. The van der Waals surface area contributed by atoms with Crippen LogP contribution in [0.1, 0.15) is 92.6 Å². The van der Waals surface area contributed by atoms with E-state index in [0.717, 1.165) is 59.3 Å². The summed E-state index contributed by atoms with van der Waals surface area (Å²) in [4.78, 5) is 15.5. The average molecular weight is 640 g/mol. The maximum absolute atomic E-state index is 13.3. The Hall–Kier alpha value is -3.27. The number of amides is 2. The van der Waals surface area contributed by atoms with E-state index in [1.54, 1.807) is 0 Å². The summed E-state index contributed by atoms with van der Waals surface area (Å²) in [6, 6.07) is 25.1. The molecule has 4 aliphatic carbocycles. The molecule has 5 aliphatic rings. The Kier molecular flexibility index (Phi) is 9.40. The Balaban J connectivity index is 1.06. The molecule has 4 N–H and O–H groups in total. The minimum Gasteiger partial charge on any atom is -0.392 e. The highest BCUT2D eigenvalue weighted by Crippen LogP contribution is 2.55. The first-order valence-electron chi connectivity index (χ1n) is 17.4. The lowest BCUT2D eigenvalue weighted by atomic mass is 9.53. The predicted octanol–water partition coefficient (Wildman–Crippen LogP) is 6.87. The fourth-order valence-electron chi connectivity index (χ4n) is 9.12. The summed E-state index contributed by atoms with van der Waals surface area (Å²) in [5.74, 6) is 2.28. The molecule has 4 saturated carbocycles. The van der Waals surface area contributed by atoms with Crippen molar-refractivity contribution in [1.82, 2.24) is 10.2 Å². The molecule has 5 fully saturated rings. The lowest BCUT2D eigenvalue weighted by molar-refractivity contribution is -0.253. The fourth-order valence-corrected chi connectivity index (χ4v) is 9.12. The third kappa shape index (κ3) is 7.27. The number of urea groups is 1. The lowest BCUT2D eigenvalue weighted by Crippen LogP contribution is -2.60. The number of anilines is 1. The van der Waals surface area contributed by atoms with E-state index in [-0.39, 0.29) is 36.4 Å². The molecule has 0 spiro atoms. The van der Waals surface area contributed by atoms with Crippen LogP contribution < -0.4 is 10.6 Å². The van der Waals surface area contributed by atoms with Crippen molar-refractivity contribution in [2.75, 3.05) is 18.9 Å². The van der Waals surface area contributed by atoms with Crippen molar-refractivity contribution in [1.29, 1.82) is 0 Å². The molecule has 5 atom stereocenters. The fraction of sp³-hybridized carbons (Fsp3) is 0.513. The Morgan fingerprint density at radius 2 is 1.57 bits per heavy atom. The summed E-state index contributed by atoms with van der Waals surface area (Å²) >= 11 is 0. The van der Waals surface area contributed by atoms with E-state index in [0.29, 0.717) is 18.7 Å². The Labute approximate surface area is 278 Å². The smallest absolute Gasteiger partial charge is 0.319 e. The standard InChI is InChI=1S/C39H49N3O5/c1-25(36(44)31-7-4-3-5-8-31)42(2)23-34-19-35(30-13-11-26(24-43)12-14-30)47-37(46-34)32-9-6-10-33(18-32)40-38(45)41-39-20-27-15-28(21-39)17-29(16-27)22-39/h3-14,18,25,27-29,34-37,43-44H,15-17,19-24H2,1-2H3,(H2,40,41,45)/t25-,27?,28?,29?,34+,35-,36-,37-,39?/m1/s1. The van der Waals surface area contributed by atoms with Crippen LogP contribution in [0.3, 0.4) is 0 Å². The van der Waals surface area contributed by atoms with Crippen molar-refractivity contribution in [2.45, 2.75) is 94.7 Å². The van der Waals surface area contributed by atoms with Gasteiger partial charge in [0.25, 0.3) is 0 Å². The number of benzene rings is 3. The molecule has 3 aromatic rings. The molecule has 0 aromatic heterocycles. The second-order valence-electron chi connectivity index (χ2n) is 14.8. The van der Waals surface area contributed by atoms with E-state index in [2.05, 4.69) is 15.5 Å². The number of likely N-dealkylation sites (N-methyl/N-ethyl adjacent to an activating group) is 1. The third-order valence-corrected chi connectivity index (χ3v) is 11.2. The Morgan fingerprint density at radius 1 is 0.894 bits per heavy atom. The zero-order valence-electron chi connectivity index (χ0n) is 27.6. The topological polar surface area (TPSA) is 103 Å². The molecule has 1 saturated heterocycles. The van der Waals surface area contributed by atoms with Gasteiger partial charge in [0.05, 0.1) is 24.9 Å². The van der Waals surface area contributed by atoms with Crippen LogP contribution in [0.5, 0.6) is 0 Å². The number of nitrogens with zero attached hydrogens (tertiary/aromatic N) is 1.